The van der Waals surface area contributed by atoms with Crippen molar-refractivity contribution in [1.29, 1.82) is 0 Å². The van der Waals surface area contributed by atoms with E-state index < -0.39 is 126 Å². The van der Waals surface area contributed by atoms with Gasteiger partial charge in [0, 0.05) is 0 Å². The molecule has 0 aliphatic carbocycles. The van der Waals surface area contributed by atoms with Gasteiger partial charge in [-0.15, -0.1) is 0 Å². The van der Waals surface area contributed by atoms with Gasteiger partial charge in [0.25, 0.3) is 0 Å². The van der Waals surface area contributed by atoms with E-state index in [0.717, 1.165) is 0 Å². The maximum absolute atomic E-state index is 14.3. The van der Waals surface area contributed by atoms with Gasteiger partial charge in [-0.2, -0.15) is 123 Å². The van der Waals surface area contributed by atoms with Gasteiger partial charge in [0.15, 0.2) is 24.7 Å². The number of rotatable bonds is 21. The van der Waals surface area contributed by atoms with Crippen molar-refractivity contribution in [2.24, 2.45) is 0 Å². The zero-order valence-electron chi connectivity index (χ0n) is 27.0. The fraction of sp³-hybridized carbons (Fsp3) is 0.692. The predicted octanol–water partition coefficient (Wildman–Crippen LogP) is 12.5. The summed E-state index contributed by atoms with van der Waals surface area (Å²) in [6, 6.07) is -0.131. The van der Waals surface area contributed by atoms with Crippen LogP contribution < -0.4 is 9.47 Å². The first-order chi connectivity index (χ1) is 26.0. The summed E-state index contributed by atoms with van der Waals surface area (Å²) in [6.07, 6.45) is -12.0. The fourth-order valence-corrected chi connectivity index (χ4v) is 3.74. The number of halogens is 32. The SMILES string of the molecule is C=Cc1ccc(OCC(F)(F)C(F)(F)C(F)(F)C(F)(F)C(F)(F)C(F)(F)C(F)(F)C(F)F)c(OCC(F)(F)C(F)(F)C(F)(F)C(F)(F)C(F)(F)C(F)(F)C(F)(F)C(F)F)c1. The number of alkyl halides is 32. The Morgan fingerprint density at radius 1 is 0.383 bits per heavy atom. The molecule has 0 unspecified atom stereocenters. The molecule has 1 rings (SSSR count). The number of benzene rings is 1. The minimum absolute atomic E-state index is 0.185. The molecule has 0 heterocycles. The first kappa shape index (κ1) is 54.3. The molecule has 0 aliphatic rings. The molecule has 34 heteroatoms. The summed E-state index contributed by atoms with van der Waals surface area (Å²) in [5.41, 5.74) is -0.807. The Labute approximate surface area is 308 Å². The lowest BCUT2D eigenvalue weighted by atomic mass is 9.89. The molecule has 0 radical (unpaired) electrons. The number of hydrogen-bond acceptors (Lipinski definition) is 2. The average Bonchev–Trinajstić information content (AvgIpc) is 3.08. The largest absolute Gasteiger partial charge is 0.483 e. The second kappa shape index (κ2) is 15.3. The Kier molecular flexibility index (Phi) is 13.8. The van der Waals surface area contributed by atoms with Gasteiger partial charge in [-0.05, 0) is 17.7 Å². The molecule has 0 atom stereocenters. The molecule has 0 N–H and O–H groups in total. The molecule has 0 amide bonds. The molecular weight excluding hydrogens is 952 g/mol. The third-order valence-electron chi connectivity index (χ3n) is 7.48. The minimum Gasteiger partial charge on any atom is -0.483 e. The Hall–Kier alpha value is -3.68. The lowest BCUT2D eigenvalue weighted by Gasteiger charge is -2.42. The van der Waals surface area contributed by atoms with E-state index >= 15 is 0 Å². The van der Waals surface area contributed by atoms with Crippen LogP contribution >= 0.6 is 0 Å². The summed E-state index contributed by atoms with van der Waals surface area (Å²) in [7, 11) is 0. The summed E-state index contributed by atoms with van der Waals surface area (Å²) in [4.78, 5) is 0. The molecule has 0 aromatic heterocycles. The molecule has 0 spiro atoms. The van der Waals surface area contributed by atoms with Crippen molar-refractivity contribution in [1.82, 2.24) is 0 Å². The molecule has 1 aromatic rings. The molecule has 0 aliphatic heterocycles. The molecule has 0 saturated heterocycles. The first-order valence-electron chi connectivity index (χ1n) is 13.9. The number of ether oxygens (including phenoxy) is 2. The highest BCUT2D eigenvalue weighted by Crippen LogP contribution is 2.65. The van der Waals surface area contributed by atoms with Crippen LogP contribution in [0.5, 0.6) is 11.5 Å². The minimum atomic E-state index is -8.93. The quantitative estimate of drug-likeness (QED) is 0.114. The van der Waals surface area contributed by atoms with Crippen LogP contribution in [0.4, 0.5) is 140 Å². The van der Waals surface area contributed by atoms with Crippen molar-refractivity contribution in [2.45, 2.75) is 95.8 Å². The zero-order chi connectivity index (χ0) is 48.5. The Morgan fingerprint density at radius 2 is 0.633 bits per heavy atom. The molecule has 60 heavy (non-hydrogen) atoms. The lowest BCUT2D eigenvalue weighted by Crippen LogP contribution is -2.74. The van der Waals surface area contributed by atoms with Gasteiger partial charge >= 0.3 is 95.8 Å². The van der Waals surface area contributed by atoms with Crippen LogP contribution in [0, 0.1) is 0 Å². The summed E-state index contributed by atoms with van der Waals surface area (Å²) >= 11 is 0. The van der Waals surface area contributed by atoms with Crippen LogP contribution in [0.3, 0.4) is 0 Å². The van der Waals surface area contributed by atoms with Gasteiger partial charge in [-0.25, -0.2) is 17.6 Å². The topological polar surface area (TPSA) is 18.5 Å². The molecule has 0 saturated carbocycles. The molecular formula is C26H12F32O2. The highest BCUT2D eigenvalue weighted by Gasteiger charge is 2.95. The fourth-order valence-electron chi connectivity index (χ4n) is 3.74. The van der Waals surface area contributed by atoms with Crippen LogP contribution in [0.25, 0.3) is 6.08 Å². The third kappa shape index (κ3) is 7.52. The maximum atomic E-state index is 14.3. The van der Waals surface area contributed by atoms with Gasteiger partial charge in [0.05, 0.1) is 0 Å². The monoisotopic (exact) mass is 964 g/mol. The van der Waals surface area contributed by atoms with Crippen molar-refractivity contribution in [3.05, 3.63) is 30.3 Å². The molecule has 0 bridgehead atoms. The molecule has 352 valence electrons. The Bertz CT molecular complexity index is 1680. The smallest absolute Gasteiger partial charge is 0.385 e. The molecule has 0 fully saturated rings. The van der Waals surface area contributed by atoms with Crippen LogP contribution in [-0.2, 0) is 0 Å². The second-order valence-electron chi connectivity index (χ2n) is 11.5. The normalized spacial score (nSPS) is 15.8. The first-order valence-corrected chi connectivity index (χ1v) is 13.9. The van der Waals surface area contributed by atoms with E-state index in [1.807, 2.05) is 0 Å². The number of hydrogen-bond donors (Lipinski definition) is 0. The van der Waals surface area contributed by atoms with E-state index in [0.29, 0.717) is 6.08 Å². The van der Waals surface area contributed by atoms with Crippen LogP contribution in [0.1, 0.15) is 5.56 Å². The van der Waals surface area contributed by atoms with E-state index in [2.05, 4.69) is 16.1 Å². The Morgan fingerprint density at radius 3 is 0.900 bits per heavy atom. The predicted molar refractivity (Wildman–Crippen MR) is 129 cm³/mol. The zero-order valence-corrected chi connectivity index (χ0v) is 27.0. The second-order valence-corrected chi connectivity index (χ2v) is 11.5. The highest BCUT2D eigenvalue weighted by molar-refractivity contribution is 5.54. The summed E-state index contributed by atoms with van der Waals surface area (Å²) in [5, 5.41) is 0. The van der Waals surface area contributed by atoms with E-state index in [4.69, 9.17) is 0 Å². The molecule has 1 aromatic carbocycles. The third-order valence-corrected chi connectivity index (χ3v) is 7.48. The van der Waals surface area contributed by atoms with E-state index in [1.54, 1.807) is 0 Å². The van der Waals surface area contributed by atoms with Crippen molar-refractivity contribution >= 4 is 6.08 Å². The van der Waals surface area contributed by atoms with Crippen molar-refractivity contribution in [2.75, 3.05) is 13.2 Å². The van der Waals surface area contributed by atoms with Gasteiger partial charge in [-0.1, -0.05) is 18.7 Å². The van der Waals surface area contributed by atoms with E-state index in [-0.39, 0.29) is 18.2 Å². The van der Waals surface area contributed by atoms with Crippen molar-refractivity contribution in [3.8, 4) is 11.5 Å². The highest BCUT2D eigenvalue weighted by atomic mass is 19.4. The van der Waals surface area contributed by atoms with Gasteiger partial charge in [-0.3, -0.25) is 0 Å². The maximum Gasteiger partial charge on any atom is 0.385 e. The van der Waals surface area contributed by atoms with E-state index in [9.17, 15) is 140 Å². The van der Waals surface area contributed by atoms with Crippen LogP contribution in [0.15, 0.2) is 24.8 Å². The van der Waals surface area contributed by atoms with Crippen molar-refractivity contribution < 1.29 is 150 Å². The van der Waals surface area contributed by atoms with Gasteiger partial charge in [0.1, 0.15) is 0 Å². The summed E-state index contributed by atoms with van der Waals surface area (Å²) in [5.74, 6) is -121. The van der Waals surface area contributed by atoms with E-state index in [1.165, 1.54) is 0 Å². The molecule has 2 nitrogen and oxygen atoms in total. The van der Waals surface area contributed by atoms with Crippen LogP contribution in [-0.4, -0.2) is 109 Å². The van der Waals surface area contributed by atoms with Gasteiger partial charge < -0.3 is 9.47 Å². The summed E-state index contributed by atoms with van der Waals surface area (Å²) in [6.45, 7) is -4.86. The van der Waals surface area contributed by atoms with Crippen LogP contribution in [0.2, 0.25) is 0 Å². The lowest BCUT2D eigenvalue weighted by molar-refractivity contribution is -0.447. The van der Waals surface area contributed by atoms with Crippen molar-refractivity contribution in [3.63, 3.8) is 0 Å². The summed E-state index contributed by atoms with van der Waals surface area (Å²) < 4.78 is 441. The Balaban J connectivity index is 3.67. The van der Waals surface area contributed by atoms with Gasteiger partial charge in [0.2, 0.25) is 0 Å². The standard InChI is InChI=1S/C26H12F32O2/c1-2-8-3-4-9(59-6-13(31,32)17(39,40)21(47,48)25(55,56)23(51,52)19(43,44)15(35,36)11(27)28)10(5-8)60-7-14(33,34)18(41,42)22(49,50)26(57,58)24(53,54)20(45,46)16(37,38)12(29)30/h2-5,11-12H,1,6-7H2. The average molecular weight is 964 g/mol.